The molecule has 5 nitrogen and oxygen atoms in total. The van der Waals surface area contributed by atoms with Crippen LogP contribution in [0.1, 0.15) is 10.5 Å². The van der Waals surface area contributed by atoms with Gasteiger partial charge in [-0.1, -0.05) is 12.2 Å². The second-order valence-corrected chi connectivity index (χ2v) is 3.13. The minimum absolute atomic E-state index is 0.230. The fourth-order valence-corrected chi connectivity index (χ4v) is 1.36. The molecule has 1 aromatic rings. The lowest BCUT2D eigenvalue weighted by Gasteiger charge is -2.15. The SMILES string of the molecule is COC(=O)c1cnc(N2CC=CC2)cn1. The van der Waals surface area contributed by atoms with Crippen molar-refractivity contribution in [2.75, 3.05) is 25.1 Å². The van der Waals surface area contributed by atoms with Gasteiger partial charge in [0.1, 0.15) is 5.82 Å². The van der Waals surface area contributed by atoms with Gasteiger partial charge in [0.05, 0.1) is 19.5 Å². The van der Waals surface area contributed by atoms with Crippen molar-refractivity contribution in [3.05, 3.63) is 30.2 Å². The van der Waals surface area contributed by atoms with E-state index in [1.807, 2.05) is 4.90 Å². The molecule has 0 N–H and O–H groups in total. The number of carbonyl (C=O) groups excluding carboxylic acids is 1. The van der Waals surface area contributed by atoms with Crippen molar-refractivity contribution in [2.45, 2.75) is 0 Å². The van der Waals surface area contributed by atoms with Crippen LogP contribution < -0.4 is 4.90 Å². The summed E-state index contributed by atoms with van der Waals surface area (Å²) in [7, 11) is 1.32. The average molecular weight is 205 g/mol. The van der Waals surface area contributed by atoms with E-state index in [9.17, 15) is 4.79 Å². The van der Waals surface area contributed by atoms with Gasteiger partial charge in [-0.15, -0.1) is 0 Å². The Labute approximate surface area is 87.4 Å². The molecule has 0 atom stereocenters. The summed E-state index contributed by atoms with van der Waals surface area (Å²) in [6, 6.07) is 0. The number of ether oxygens (including phenoxy) is 1. The predicted molar refractivity (Wildman–Crippen MR) is 54.7 cm³/mol. The maximum absolute atomic E-state index is 11.1. The summed E-state index contributed by atoms with van der Waals surface area (Å²) in [5.41, 5.74) is 0.230. The van der Waals surface area contributed by atoms with Gasteiger partial charge in [0.25, 0.3) is 0 Å². The van der Waals surface area contributed by atoms with E-state index >= 15 is 0 Å². The molecule has 0 spiro atoms. The Hall–Kier alpha value is -1.91. The van der Waals surface area contributed by atoms with Gasteiger partial charge in [0, 0.05) is 13.1 Å². The molecule has 2 heterocycles. The van der Waals surface area contributed by atoms with E-state index in [0.717, 1.165) is 18.9 Å². The number of nitrogens with zero attached hydrogens (tertiary/aromatic N) is 3. The van der Waals surface area contributed by atoms with Crippen LogP contribution in [0, 0.1) is 0 Å². The number of carbonyl (C=O) groups is 1. The third-order valence-electron chi connectivity index (χ3n) is 2.17. The molecule has 0 bridgehead atoms. The molecule has 0 radical (unpaired) electrons. The maximum Gasteiger partial charge on any atom is 0.358 e. The van der Waals surface area contributed by atoms with Gasteiger partial charge >= 0.3 is 5.97 Å². The van der Waals surface area contributed by atoms with Crippen LogP contribution in [-0.4, -0.2) is 36.1 Å². The van der Waals surface area contributed by atoms with E-state index in [1.165, 1.54) is 13.3 Å². The Balaban J connectivity index is 2.13. The van der Waals surface area contributed by atoms with Crippen molar-refractivity contribution in [2.24, 2.45) is 0 Å². The summed E-state index contributed by atoms with van der Waals surface area (Å²) < 4.78 is 4.53. The van der Waals surface area contributed by atoms with Crippen molar-refractivity contribution in [1.29, 1.82) is 0 Å². The Bertz CT molecular complexity index is 378. The Morgan fingerprint density at radius 3 is 2.60 bits per heavy atom. The third-order valence-corrected chi connectivity index (χ3v) is 2.17. The molecule has 0 unspecified atom stereocenters. The highest BCUT2D eigenvalue weighted by Gasteiger charge is 2.11. The fraction of sp³-hybridized carbons (Fsp3) is 0.300. The van der Waals surface area contributed by atoms with Crippen LogP contribution >= 0.6 is 0 Å². The van der Waals surface area contributed by atoms with Crippen LogP contribution in [0.2, 0.25) is 0 Å². The van der Waals surface area contributed by atoms with Gasteiger partial charge in [0.2, 0.25) is 0 Å². The van der Waals surface area contributed by atoms with E-state index in [-0.39, 0.29) is 5.69 Å². The number of aromatic nitrogens is 2. The maximum atomic E-state index is 11.1. The quantitative estimate of drug-likeness (QED) is 0.524. The molecule has 0 fully saturated rings. The van der Waals surface area contributed by atoms with Crippen molar-refractivity contribution in [3.8, 4) is 0 Å². The van der Waals surface area contributed by atoms with E-state index in [2.05, 4.69) is 26.9 Å². The molecule has 1 aliphatic heterocycles. The molecule has 0 aliphatic carbocycles. The zero-order valence-electron chi connectivity index (χ0n) is 8.38. The number of rotatable bonds is 2. The molecular formula is C10H11N3O2. The van der Waals surface area contributed by atoms with Crippen molar-refractivity contribution < 1.29 is 9.53 Å². The molecule has 0 saturated carbocycles. The topological polar surface area (TPSA) is 55.3 Å². The van der Waals surface area contributed by atoms with Crippen molar-refractivity contribution >= 4 is 11.8 Å². The monoisotopic (exact) mass is 205 g/mol. The molecule has 78 valence electrons. The number of esters is 1. The second kappa shape index (κ2) is 4.08. The number of anilines is 1. The number of methoxy groups -OCH3 is 1. The first kappa shape index (κ1) is 9.64. The molecule has 0 amide bonds. The smallest absolute Gasteiger partial charge is 0.358 e. The van der Waals surface area contributed by atoms with E-state index < -0.39 is 5.97 Å². The van der Waals surface area contributed by atoms with Crippen molar-refractivity contribution in [1.82, 2.24) is 9.97 Å². The highest BCUT2D eigenvalue weighted by atomic mass is 16.5. The molecule has 0 aromatic carbocycles. The van der Waals surface area contributed by atoms with Gasteiger partial charge in [-0.3, -0.25) is 0 Å². The Morgan fingerprint density at radius 1 is 1.33 bits per heavy atom. The van der Waals surface area contributed by atoms with Gasteiger partial charge < -0.3 is 9.64 Å². The van der Waals surface area contributed by atoms with Crippen molar-refractivity contribution in [3.63, 3.8) is 0 Å². The first-order valence-electron chi connectivity index (χ1n) is 4.61. The predicted octanol–water partition coefficient (Wildman–Crippen LogP) is 0.639. The van der Waals surface area contributed by atoms with Gasteiger partial charge in [-0.25, -0.2) is 14.8 Å². The largest absolute Gasteiger partial charge is 0.464 e. The molecule has 5 heteroatoms. The minimum atomic E-state index is -0.464. The molecular weight excluding hydrogens is 194 g/mol. The average Bonchev–Trinajstić information content (AvgIpc) is 2.82. The summed E-state index contributed by atoms with van der Waals surface area (Å²) in [6.45, 7) is 1.68. The standard InChI is InChI=1S/C10H11N3O2/c1-15-10(14)8-6-12-9(7-11-8)13-4-2-3-5-13/h2-3,6-7H,4-5H2,1H3. The summed E-state index contributed by atoms with van der Waals surface area (Å²) in [6.07, 6.45) is 7.14. The Kier molecular flexibility index (Phi) is 2.62. The van der Waals surface area contributed by atoms with Crippen LogP contribution in [0.25, 0.3) is 0 Å². The molecule has 0 saturated heterocycles. The van der Waals surface area contributed by atoms with Crippen LogP contribution in [0.4, 0.5) is 5.82 Å². The third kappa shape index (κ3) is 1.96. The van der Waals surface area contributed by atoms with E-state index in [4.69, 9.17) is 0 Å². The molecule has 1 aliphatic rings. The van der Waals surface area contributed by atoms with Crippen LogP contribution in [0.3, 0.4) is 0 Å². The molecule has 1 aromatic heterocycles. The van der Waals surface area contributed by atoms with Crippen LogP contribution in [0.15, 0.2) is 24.5 Å². The summed E-state index contributed by atoms with van der Waals surface area (Å²) in [5.74, 6) is 0.307. The first-order valence-corrected chi connectivity index (χ1v) is 4.61. The van der Waals surface area contributed by atoms with E-state index in [1.54, 1.807) is 6.20 Å². The second-order valence-electron chi connectivity index (χ2n) is 3.13. The zero-order chi connectivity index (χ0) is 10.7. The molecule has 2 rings (SSSR count). The van der Waals surface area contributed by atoms with E-state index in [0.29, 0.717) is 0 Å². The fourth-order valence-electron chi connectivity index (χ4n) is 1.36. The normalized spacial score (nSPS) is 14.3. The highest BCUT2D eigenvalue weighted by molar-refractivity contribution is 5.86. The first-order chi connectivity index (χ1) is 7.31. The zero-order valence-corrected chi connectivity index (χ0v) is 8.38. The lowest BCUT2D eigenvalue weighted by atomic mass is 10.4. The van der Waals surface area contributed by atoms with Crippen LogP contribution in [0.5, 0.6) is 0 Å². The summed E-state index contributed by atoms with van der Waals surface area (Å²) in [4.78, 5) is 21.3. The number of hydrogen-bond acceptors (Lipinski definition) is 5. The summed E-state index contributed by atoms with van der Waals surface area (Å²) in [5, 5.41) is 0. The Morgan fingerprint density at radius 2 is 2.07 bits per heavy atom. The van der Waals surface area contributed by atoms with Gasteiger partial charge in [0.15, 0.2) is 5.69 Å². The number of hydrogen-bond donors (Lipinski definition) is 0. The minimum Gasteiger partial charge on any atom is -0.464 e. The highest BCUT2D eigenvalue weighted by Crippen LogP contribution is 2.12. The van der Waals surface area contributed by atoms with Crippen LogP contribution in [-0.2, 0) is 4.74 Å². The van der Waals surface area contributed by atoms with Gasteiger partial charge in [-0.2, -0.15) is 0 Å². The lowest BCUT2D eigenvalue weighted by molar-refractivity contribution is 0.0593. The molecule has 15 heavy (non-hydrogen) atoms. The lowest BCUT2D eigenvalue weighted by Crippen LogP contribution is -2.20. The summed E-state index contributed by atoms with van der Waals surface area (Å²) >= 11 is 0. The van der Waals surface area contributed by atoms with Gasteiger partial charge in [-0.05, 0) is 0 Å².